The summed E-state index contributed by atoms with van der Waals surface area (Å²) in [4.78, 5) is 30.1. The summed E-state index contributed by atoms with van der Waals surface area (Å²) in [6.45, 7) is 2.43. The second-order valence-corrected chi connectivity index (χ2v) is 9.18. The first-order chi connectivity index (χ1) is 15.5. The number of amides is 2. The molecule has 1 heterocycles. The summed E-state index contributed by atoms with van der Waals surface area (Å²) < 4.78 is 0. The van der Waals surface area contributed by atoms with Crippen LogP contribution in [0, 0.1) is 0 Å². The van der Waals surface area contributed by atoms with Gasteiger partial charge in [-0.3, -0.25) is 9.59 Å². The predicted molar refractivity (Wildman–Crippen MR) is 134 cm³/mol. The van der Waals surface area contributed by atoms with E-state index in [0.717, 1.165) is 70.1 Å². The molecule has 1 saturated heterocycles. The van der Waals surface area contributed by atoms with Crippen LogP contribution >= 0.6 is 23.2 Å². The smallest absolute Gasteiger partial charge is 0.247 e. The number of hydrogen-bond acceptors (Lipinski definition) is 3. The van der Waals surface area contributed by atoms with Crippen molar-refractivity contribution < 1.29 is 9.59 Å². The average Bonchev–Trinajstić information content (AvgIpc) is 2.78. The summed E-state index contributed by atoms with van der Waals surface area (Å²) in [6, 6.07) is 5.30. The van der Waals surface area contributed by atoms with Gasteiger partial charge in [0.15, 0.2) is 0 Å². The normalized spacial score (nSPS) is 14.4. The number of nitrogens with one attached hydrogen (secondary N) is 1. The van der Waals surface area contributed by atoms with E-state index in [2.05, 4.69) is 10.3 Å². The van der Waals surface area contributed by atoms with E-state index in [1.54, 1.807) is 12.1 Å². The van der Waals surface area contributed by atoms with Gasteiger partial charge in [0.2, 0.25) is 11.8 Å². The van der Waals surface area contributed by atoms with E-state index < -0.39 is 0 Å². The molecule has 0 aliphatic carbocycles. The van der Waals surface area contributed by atoms with Crippen molar-refractivity contribution in [3.63, 3.8) is 0 Å². The van der Waals surface area contributed by atoms with Crippen molar-refractivity contribution >= 4 is 46.5 Å². The van der Waals surface area contributed by atoms with Crippen molar-refractivity contribution in [2.24, 2.45) is 10.7 Å². The van der Waals surface area contributed by atoms with Crippen LogP contribution in [0.3, 0.4) is 0 Å². The van der Waals surface area contributed by atoms with Gasteiger partial charge in [0.25, 0.3) is 0 Å². The zero-order chi connectivity index (χ0) is 23.2. The Morgan fingerprint density at radius 2 is 1.56 bits per heavy atom. The first-order valence-electron chi connectivity index (χ1n) is 11.8. The SMILES string of the molecule is NC(CCNc1ccc(Cl)c(Cl)c1)=NC(=O)CCCCCCCCC(=O)N1CCCCC1. The highest BCUT2D eigenvalue weighted by Gasteiger charge is 2.15. The van der Waals surface area contributed by atoms with Crippen LogP contribution in [0.2, 0.25) is 10.0 Å². The number of piperidine rings is 1. The average molecular weight is 483 g/mol. The second-order valence-electron chi connectivity index (χ2n) is 8.37. The number of unbranched alkanes of at least 4 members (excludes halogenated alkanes) is 5. The molecule has 1 aromatic carbocycles. The van der Waals surface area contributed by atoms with Gasteiger partial charge in [0.1, 0.15) is 5.84 Å². The number of carbonyl (C=O) groups is 2. The van der Waals surface area contributed by atoms with Crippen molar-refractivity contribution in [3.05, 3.63) is 28.2 Å². The van der Waals surface area contributed by atoms with Gasteiger partial charge < -0.3 is 16.0 Å². The Balaban J connectivity index is 1.47. The van der Waals surface area contributed by atoms with Gasteiger partial charge in [-0.05, 0) is 50.3 Å². The maximum atomic E-state index is 12.1. The lowest BCUT2D eigenvalue weighted by molar-refractivity contribution is -0.132. The Bertz CT molecular complexity index is 764. The van der Waals surface area contributed by atoms with Gasteiger partial charge in [-0.1, -0.05) is 48.9 Å². The predicted octanol–water partition coefficient (Wildman–Crippen LogP) is 5.81. The number of aliphatic imine (C=N–C) groups is 1. The summed E-state index contributed by atoms with van der Waals surface area (Å²) >= 11 is 11.9. The zero-order valence-electron chi connectivity index (χ0n) is 18.9. The molecule has 8 heteroatoms. The van der Waals surface area contributed by atoms with E-state index in [1.165, 1.54) is 6.42 Å². The lowest BCUT2D eigenvalue weighted by atomic mass is 10.1. The largest absolute Gasteiger partial charge is 0.387 e. The first-order valence-corrected chi connectivity index (χ1v) is 12.5. The molecular formula is C24H36Cl2N4O2. The van der Waals surface area contributed by atoms with E-state index in [0.29, 0.717) is 47.6 Å². The van der Waals surface area contributed by atoms with Crippen LogP contribution in [0.15, 0.2) is 23.2 Å². The number of rotatable bonds is 13. The van der Waals surface area contributed by atoms with E-state index in [9.17, 15) is 9.59 Å². The highest BCUT2D eigenvalue weighted by Crippen LogP contribution is 2.24. The van der Waals surface area contributed by atoms with Gasteiger partial charge in [0.05, 0.1) is 10.0 Å². The third-order valence-electron chi connectivity index (χ3n) is 5.64. The number of likely N-dealkylation sites (tertiary alicyclic amines) is 1. The van der Waals surface area contributed by atoms with E-state index >= 15 is 0 Å². The van der Waals surface area contributed by atoms with Crippen molar-refractivity contribution in [1.82, 2.24) is 4.90 Å². The number of hydrogen-bond donors (Lipinski definition) is 2. The number of nitrogens with two attached hydrogens (primary N) is 1. The molecule has 2 rings (SSSR count). The Kier molecular flexibility index (Phi) is 12.5. The number of carbonyl (C=O) groups excluding carboxylic acids is 2. The summed E-state index contributed by atoms with van der Waals surface area (Å²) in [7, 11) is 0. The third kappa shape index (κ3) is 10.7. The fourth-order valence-corrected chi connectivity index (χ4v) is 4.07. The molecule has 3 N–H and O–H groups in total. The fourth-order valence-electron chi connectivity index (χ4n) is 3.77. The van der Waals surface area contributed by atoms with Gasteiger partial charge in [-0.2, -0.15) is 0 Å². The maximum Gasteiger partial charge on any atom is 0.247 e. The number of benzene rings is 1. The van der Waals surface area contributed by atoms with Crippen molar-refractivity contribution in [1.29, 1.82) is 0 Å². The molecule has 0 bridgehead atoms. The summed E-state index contributed by atoms with van der Waals surface area (Å²) in [5.74, 6) is 0.489. The minimum atomic E-state index is -0.163. The molecule has 178 valence electrons. The minimum Gasteiger partial charge on any atom is -0.387 e. The molecule has 0 spiro atoms. The molecule has 0 saturated carbocycles. The van der Waals surface area contributed by atoms with Crippen molar-refractivity contribution in [2.75, 3.05) is 25.0 Å². The Morgan fingerprint density at radius 3 is 2.25 bits per heavy atom. The van der Waals surface area contributed by atoms with E-state index in [1.807, 2.05) is 11.0 Å². The number of halogens is 2. The lowest BCUT2D eigenvalue weighted by Gasteiger charge is -2.26. The van der Waals surface area contributed by atoms with E-state index in [-0.39, 0.29) is 5.91 Å². The molecule has 32 heavy (non-hydrogen) atoms. The molecular weight excluding hydrogens is 447 g/mol. The van der Waals surface area contributed by atoms with Crippen LogP contribution in [0.25, 0.3) is 0 Å². The molecule has 0 aromatic heterocycles. The zero-order valence-corrected chi connectivity index (χ0v) is 20.4. The Morgan fingerprint density at radius 1 is 0.906 bits per heavy atom. The summed E-state index contributed by atoms with van der Waals surface area (Å²) in [6.07, 6.45) is 11.2. The van der Waals surface area contributed by atoms with Crippen LogP contribution in [-0.2, 0) is 9.59 Å². The number of amidine groups is 1. The standard InChI is InChI=1S/C24H36Cl2N4O2/c25-20-13-12-19(18-21(20)26)28-15-14-22(27)29-23(31)10-6-3-1-2-4-7-11-24(32)30-16-8-5-9-17-30/h12-13,18,28H,1-11,14-17H2,(H2,27,29,31). The van der Waals surface area contributed by atoms with Gasteiger partial charge in [0, 0.05) is 44.6 Å². The molecule has 1 fully saturated rings. The first kappa shape index (κ1) is 26.5. The monoisotopic (exact) mass is 482 g/mol. The lowest BCUT2D eigenvalue weighted by Crippen LogP contribution is -2.35. The summed E-state index contributed by atoms with van der Waals surface area (Å²) in [5.41, 5.74) is 6.71. The number of nitrogens with zero attached hydrogens (tertiary/aromatic N) is 2. The van der Waals surface area contributed by atoms with Crippen molar-refractivity contribution in [2.45, 2.75) is 77.0 Å². The van der Waals surface area contributed by atoms with Crippen LogP contribution in [0.4, 0.5) is 5.69 Å². The van der Waals surface area contributed by atoms with Crippen LogP contribution in [0.1, 0.15) is 77.0 Å². The quantitative estimate of drug-likeness (QED) is 0.211. The van der Waals surface area contributed by atoms with Crippen LogP contribution in [-0.4, -0.2) is 42.2 Å². The minimum absolute atomic E-state index is 0.163. The molecule has 0 atom stereocenters. The van der Waals surface area contributed by atoms with Gasteiger partial charge >= 0.3 is 0 Å². The van der Waals surface area contributed by atoms with Gasteiger partial charge in [-0.25, -0.2) is 4.99 Å². The second kappa shape index (κ2) is 15.1. The molecule has 0 radical (unpaired) electrons. The number of anilines is 1. The highest BCUT2D eigenvalue weighted by atomic mass is 35.5. The topological polar surface area (TPSA) is 87.8 Å². The molecule has 0 unspecified atom stereocenters. The molecule has 1 aliphatic heterocycles. The Labute approximate surface area is 201 Å². The maximum absolute atomic E-state index is 12.1. The Hall–Kier alpha value is -1.79. The van der Waals surface area contributed by atoms with Crippen molar-refractivity contribution in [3.8, 4) is 0 Å². The van der Waals surface area contributed by atoms with Crippen LogP contribution in [0.5, 0.6) is 0 Å². The van der Waals surface area contributed by atoms with Gasteiger partial charge in [-0.15, -0.1) is 0 Å². The van der Waals surface area contributed by atoms with E-state index in [4.69, 9.17) is 28.9 Å². The molecule has 6 nitrogen and oxygen atoms in total. The highest BCUT2D eigenvalue weighted by molar-refractivity contribution is 6.42. The molecule has 1 aromatic rings. The third-order valence-corrected chi connectivity index (χ3v) is 6.38. The summed E-state index contributed by atoms with van der Waals surface area (Å²) in [5, 5.41) is 4.17. The fraction of sp³-hybridized carbons (Fsp3) is 0.625. The van der Waals surface area contributed by atoms with Crippen LogP contribution < -0.4 is 11.1 Å². The molecule has 2 amide bonds. The molecule has 1 aliphatic rings.